The van der Waals surface area contributed by atoms with Gasteiger partial charge in [-0.2, -0.15) is 0 Å². The third-order valence-corrected chi connectivity index (χ3v) is 5.85. The van der Waals surface area contributed by atoms with Gasteiger partial charge in [0.15, 0.2) is 5.16 Å². The number of carbonyl (C=O) groups excluding carboxylic acids is 1. The highest BCUT2D eigenvalue weighted by atomic mass is 32.2. The lowest BCUT2D eigenvalue weighted by Gasteiger charge is -2.39. The van der Waals surface area contributed by atoms with Gasteiger partial charge in [-0.05, 0) is 25.5 Å². The molecular weight excluding hydrogens is 338 g/mol. The number of amides is 2. The van der Waals surface area contributed by atoms with Crippen LogP contribution in [0.2, 0.25) is 0 Å². The molecular formula is C17H29N5O2S. The summed E-state index contributed by atoms with van der Waals surface area (Å²) in [6, 6.07) is 0.352. The van der Waals surface area contributed by atoms with Crippen molar-refractivity contribution in [2.24, 2.45) is 7.05 Å². The van der Waals surface area contributed by atoms with Gasteiger partial charge in [0.1, 0.15) is 0 Å². The first kappa shape index (κ1) is 18.5. The van der Waals surface area contributed by atoms with Gasteiger partial charge >= 0.3 is 6.03 Å². The van der Waals surface area contributed by atoms with Crippen molar-refractivity contribution in [3.05, 3.63) is 11.9 Å². The van der Waals surface area contributed by atoms with Crippen molar-refractivity contribution in [2.75, 3.05) is 45.6 Å². The number of likely N-dealkylation sites (tertiary alicyclic amines) is 1. The molecule has 25 heavy (non-hydrogen) atoms. The van der Waals surface area contributed by atoms with Crippen molar-refractivity contribution in [3.63, 3.8) is 0 Å². The largest absolute Gasteiger partial charge is 0.379 e. The molecule has 0 aromatic carbocycles. The van der Waals surface area contributed by atoms with E-state index in [1.54, 1.807) is 11.8 Å². The first-order valence-corrected chi connectivity index (χ1v) is 10.3. The van der Waals surface area contributed by atoms with Crippen LogP contribution in [0.25, 0.3) is 0 Å². The molecule has 8 heteroatoms. The van der Waals surface area contributed by atoms with Gasteiger partial charge in [-0.1, -0.05) is 11.8 Å². The van der Waals surface area contributed by atoms with Crippen LogP contribution in [0.3, 0.4) is 0 Å². The molecule has 140 valence electrons. The summed E-state index contributed by atoms with van der Waals surface area (Å²) in [4.78, 5) is 21.6. The van der Waals surface area contributed by atoms with Crippen molar-refractivity contribution in [1.29, 1.82) is 0 Å². The van der Waals surface area contributed by atoms with Crippen LogP contribution in [0.1, 0.15) is 25.0 Å². The Kier molecular flexibility index (Phi) is 6.61. The number of nitrogens with zero attached hydrogens (tertiary/aromatic N) is 4. The zero-order chi connectivity index (χ0) is 17.6. The summed E-state index contributed by atoms with van der Waals surface area (Å²) in [6.45, 7) is 5.87. The molecule has 1 atom stereocenters. The van der Waals surface area contributed by atoms with Crippen LogP contribution < -0.4 is 5.32 Å². The summed E-state index contributed by atoms with van der Waals surface area (Å²) in [5, 5.41) is 4.05. The maximum Gasteiger partial charge on any atom is 0.318 e. The van der Waals surface area contributed by atoms with Gasteiger partial charge in [0.25, 0.3) is 0 Å². The summed E-state index contributed by atoms with van der Waals surface area (Å²) < 4.78 is 7.46. The smallest absolute Gasteiger partial charge is 0.318 e. The highest BCUT2D eigenvalue weighted by molar-refractivity contribution is 7.98. The Labute approximate surface area is 154 Å². The van der Waals surface area contributed by atoms with E-state index in [-0.39, 0.29) is 6.03 Å². The lowest BCUT2D eigenvalue weighted by atomic mass is 10.0. The van der Waals surface area contributed by atoms with E-state index < -0.39 is 0 Å². The van der Waals surface area contributed by atoms with Crippen LogP contribution in [0, 0.1) is 0 Å². The number of aromatic nitrogens is 2. The molecule has 1 aromatic rings. The topological polar surface area (TPSA) is 62.6 Å². The van der Waals surface area contributed by atoms with E-state index in [2.05, 4.69) is 15.2 Å². The Morgan fingerprint density at radius 3 is 2.88 bits per heavy atom. The zero-order valence-electron chi connectivity index (χ0n) is 15.2. The predicted octanol–water partition coefficient (Wildman–Crippen LogP) is 1.54. The molecule has 1 aromatic heterocycles. The molecule has 2 aliphatic heterocycles. The van der Waals surface area contributed by atoms with Crippen LogP contribution in [-0.4, -0.2) is 77.1 Å². The summed E-state index contributed by atoms with van der Waals surface area (Å²) >= 11 is 1.61. The van der Waals surface area contributed by atoms with Gasteiger partial charge < -0.3 is 19.5 Å². The first-order valence-electron chi connectivity index (χ1n) is 9.08. The minimum absolute atomic E-state index is 0.0462. The highest BCUT2D eigenvalue weighted by Crippen LogP contribution is 2.19. The molecule has 0 aliphatic carbocycles. The SMILES string of the molecule is CSc1ncc(CNC(=O)N2CCCC[C@@H]2CN2CCOCC2)n1C. The predicted molar refractivity (Wildman–Crippen MR) is 98.8 cm³/mol. The molecule has 0 spiro atoms. The van der Waals surface area contributed by atoms with Gasteiger partial charge in [-0.25, -0.2) is 9.78 Å². The van der Waals surface area contributed by atoms with E-state index in [0.29, 0.717) is 12.6 Å². The van der Waals surface area contributed by atoms with E-state index in [1.165, 1.54) is 6.42 Å². The first-order chi connectivity index (χ1) is 12.2. The number of nitrogens with one attached hydrogen (secondary N) is 1. The Balaban J connectivity index is 1.55. The minimum atomic E-state index is 0.0462. The fraction of sp³-hybridized carbons (Fsp3) is 0.765. The van der Waals surface area contributed by atoms with Gasteiger partial charge in [-0.3, -0.25) is 4.90 Å². The second kappa shape index (κ2) is 8.91. The van der Waals surface area contributed by atoms with E-state index in [0.717, 1.165) is 63.1 Å². The molecule has 0 radical (unpaired) electrons. The summed E-state index contributed by atoms with van der Waals surface area (Å²) in [5.41, 5.74) is 1.03. The molecule has 0 saturated carbocycles. The number of imidazole rings is 1. The van der Waals surface area contributed by atoms with E-state index in [4.69, 9.17) is 4.74 Å². The lowest BCUT2D eigenvalue weighted by molar-refractivity contribution is 0.0221. The number of hydrogen-bond acceptors (Lipinski definition) is 5. The zero-order valence-corrected chi connectivity index (χ0v) is 16.1. The van der Waals surface area contributed by atoms with Crippen molar-refractivity contribution in [2.45, 2.75) is 37.0 Å². The van der Waals surface area contributed by atoms with Crippen molar-refractivity contribution < 1.29 is 9.53 Å². The second-order valence-corrected chi connectivity index (χ2v) is 7.48. The van der Waals surface area contributed by atoms with Crippen LogP contribution in [0.15, 0.2) is 11.4 Å². The molecule has 3 heterocycles. The summed E-state index contributed by atoms with van der Waals surface area (Å²) in [5.74, 6) is 0. The Bertz CT molecular complexity index is 573. The van der Waals surface area contributed by atoms with E-state index in [1.807, 2.05) is 29.0 Å². The molecule has 2 amide bonds. The number of morpholine rings is 1. The minimum Gasteiger partial charge on any atom is -0.379 e. The van der Waals surface area contributed by atoms with Crippen LogP contribution in [-0.2, 0) is 18.3 Å². The van der Waals surface area contributed by atoms with Crippen LogP contribution in [0.4, 0.5) is 4.79 Å². The second-order valence-electron chi connectivity index (χ2n) is 6.71. The lowest BCUT2D eigenvalue weighted by Crippen LogP contribution is -2.54. The average molecular weight is 368 g/mol. The monoisotopic (exact) mass is 367 g/mol. The molecule has 1 N–H and O–H groups in total. The van der Waals surface area contributed by atoms with Crippen molar-refractivity contribution in [3.8, 4) is 0 Å². The quantitative estimate of drug-likeness (QED) is 0.800. The molecule has 2 aliphatic rings. The summed E-state index contributed by atoms with van der Waals surface area (Å²) in [6.07, 6.45) is 7.24. The van der Waals surface area contributed by atoms with E-state index >= 15 is 0 Å². The maximum absolute atomic E-state index is 12.7. The third kappa shape index (κ3) is 4.68. The van der Waals surface area contributed by atoms with Gasteiger partial charge in [0.05, 0.1) is 31.6 Å². The fourth-order valence-corrected chi connectivity index (χ4v) is 4.14. The fourth-order valence-electron chi connectivity index (χ4n) is 3.59. The Morgan fingerprint density at radius 2 is 2.16 bits per heavy atom. The average Bonchev–Trinajstić information content (AvgIpc) is 3.01. The molecule has 0 bridgehead atoms. The summed E-state index contributed by atoms with van der Waals surface area (Å²) in [7, 11) is 1.99. The number of urea groups is 1. The van der Waals surface area contributed by atoms with Crippen LogP contribution in [0.5, 0.6) is 0 Å². The number of ether oxygens (including phenoxy) is 1. The van der Waals surface area contributed by atoms with Gasteiger partial charge in [0.2, 0.25) is 0 Å². The third-order valence-electron chi connectivity index (χ3n) is 5.11. The molecule has 7 nitrogen and oxygen atoms in total. The Morgan fingerprint density at radius 1 is 1.36 bits per heavy atom. The highest BCUT2D eigenvalue weighted by Gasteiger charge is 2.28. The van der Waals surface area contributed by atoms with Crippen LogP contribution >= 0.6 is 11.8 Å². The standard InChI is InChI=1S/C17H29N5O2S/c1-20-15(12-19-17(20)25-2)11-18-16(23)22-6-4-3-5-14(22)13-21-7-9-24-10-8-21/h12,14H,3-11,13H2,1-2H3,(H,18,23)/t14-/m1/s1. The van der Waals surface area contributed by atoms with E-state index in [9.17, 15) is 4.79 Å². The molecule has 0 unspecified atom stereocenters. The number of rotatable bonds is 5. The number of carbonyl (C=O) groups is 1. The molecule has 3 rings (SSSR count). The number of thioether (sulfide) groups is 1. The number of piperidine rings is 1. The number of hydrogen-bond donors (Lipinski definition) is 1. The van der Waals surface area contributed by atoms with Gasteiger partial charge in [-0.15, -0.1) is 0 Å². The normalized spacial score (nSPS) is 22.2. The Hall–Kier alpha value is -1.25. The molecule has 2 saturated heterocycles. The van der Waals surface area contributed by atoms with Crippen molar-refractivity contribution in [1.82, 2.24) is 24.7 Å². The molecule has 2 fully saturated rings. The van der Waals surface area contributed by atoms with Crippen molar-refractivity contribution >= 4 is 17.8 Å². The maximum atomic E-state index is 12.7. The van der Waals surface area contributed by atoms with Gasteiger partial charge in [0, 0.05) is 39.3 Å².